The number of likely N-dealkylation sites (tertiary alicyclic amines) is 1. The van der Waals surface area contributed by atoms with Crippen LogP contribution in [0.2, 0.25) is 0 Å². The molecule has 0 aromatic carbocycles. The van der Waals surface area contributed by atoms with Gasteiger partial charge in [0.1, 0.15) is 0 Å². The Balaban J connectivity index is 2.47. The van der Waals surface area contributed by atoms with Crippen molar-refractivity contribution in [2.24, 2.45) is 5.92 Å². The normalized spacial score (nSPS) is 35.4. The first-order valence-corrected chi connectivity index (χ1v) is 6.15. The molecule has 2 N–H and O–H groups in total. The number of piperidine rings is 1. The summed E-state index contributed by atoms with van der Waals surface area (Å²) in [6.07, 6.45) is 2.19. The van der Waals surface area contributed by atoms with Crippen molar-refractivity contribution in [3.8, 4) is 0 Å². The van der Waals surface area contributed by atoms with Crippen molar-refractivity contribution in [2.75, 3.05) is 20.2 Å². The van der Waals surface area contributed by atoms with Gasteiger partial charge >= 0.3 is 0 Å². The van der Waals surface area contributed by atoms with Gasteiger partial charge in [-0.05, 0) is 32.7 Å². The summed E-state index contributed by atoms with van der Waals surface area (Å²) in [6, 6.07) is 1.48. The van der Waals surface area contributed by atoms with E-state index < -0.39 is 0 Å². The van der Waals surface area contributed by atoms with Crippen LogP contribution in [-0.2, 0) is 0 Å². The summed E-state index contributed by atoms with van der Waals surface area (Å²) in [4.78, 5) is 2.42. The zero-order valence-corrected chi connectivity index (χ0v) is 10.5. The van der Waals surface area contributed by atoms with Gasteiger partial charge in [0.2, 0.25) is 0 Å². The second-order valence-electron chi connectivity index (χ2n) is 5.06. The molecule has 0 saturated carbocycles. The number of hydrogen-bond donors (Lipinski definition) is 2. The largest absolute Gasteiger partial charge is 0.395 e. The molecule has 15 heavy (non-hydrogen) atoms. The molecule has 0 amide bonds. The molecule has 0 spiro atoms. The minimum absolute atomic E-state index is 0.254. The molecule has 1 heterocycles. The molecule has 0 aliphatic carbocycles. The van der Waals surface area contributed by atoms with Gasteiger partial charge in [0.25, 0.3) is 0 Å². The molecule has 1 saturated heterocycles. The molecule has 0 bridgehead atoms. The van der Waals surface area contributed by atoms with E-state index in [1.165, 1.54) is 6.42 Å². The molecule has 90 valence electrons. The van der Waals surface area contributed by atoms with Crippen molar-refractivity contribution in [3.05, 3.63) is 0 Å². The first-order valence-electron chi connectivity index (χ1n) is 6.15. The van der Waals surface area contributed by atoms with Crippen LogP contribution in [0.1, 0.15) is 33.6 Å². The Kier molecular flexibility index (Phi) is 5.03. The monoisotopic (exact) mass is 214 g/mol. The second kappa shape index (κ2) is 5.83. The topological polar surface area (TPSA) is 35.5 Å². The van der Waals surface area contributed by atoms with Gasteiger partial charge in [-0.1, -0.05) is 13.8 Å². The molecular weight excluding hydrogens is 188 g/mol. The summed E-state index contributed by atoms with van der Waals surface area (Å²) in [6.45, 7) is 8.10. The lowest BCUT2D eigenvalue weighted by Gasteiger charge is -2.41. The number of aliphatic hydroxyl groups excluding tert-OH is 1. The van der Waals surface area contributed by atoms with Crippen LogP contribution in [0.5, 0.6) is 0 Å². The van der Waals surface area contributed by atoms with E-state index in [2.05, 4.69) is 38.0 Å². The molecule has 0 aromatic rings. The summed E-state index contributed by atoms with van der Waals surface area (Å²) in [5, 5.41) is 12.8. The van der Waals surface area contributed by atoms with Crippen LogP contribution in [0.4, 0.5) is 0 Å². The average Bonchev–Trinajstić information content (AvgIpc) is 2.21. The van der Waals surface area contributed by atoms with Gasteiger partial charge in [0, 0.05) is 24.7 Å². The zero-order valence-electron chi connectivity index (χ0n) is 10.5. The molecule has 4 atom stereocenters. The maximum atomic E-state index is 9.19. The van der Waals surface area contributed by atoms with Crippen LogP contribution in [-0.4, -0.2) is 48.3 Å². The Morgan fingerprint density at radius 2 is 2.13 bits per heavy atom. The summed E-state index contributed by atoms with van der Waals surface area (Å²) in [5.41, 5.74) is 0. The molecule has 3 heteroatoms. The molecular formula is C12H26N2O. The smallest absolute Gasteiger partial charge is 0.0584 e. The Hall–Kier alpha value is -0.120. The number of hydrogen-bond acceptors (Lipinski definition) is 3. The fourth-order valence-corrected chi connectivity index (χ4v) is 2.38. The Morgan fingerprint density at radius 1 is 1.47 bits per heavy atom. The number of nitrogens with zero attached hydrogens (tertiary/aromatic N) is 1. The Bertz CT molecular complexity index is 182. The van der Waals surface area contributed by atoms with Crippen LogP contribution in [0.25, 0.3) is 0 Å². The minimum Gasteiger partial charge on any atom is -0.395 e. The van der Waals surface area contributed by atoms with Gasteiger partial charge in [0.05, 0.1) is 6.61 Å². The zero-order chi connectivity index (χ0) is 11.4. The SMILES string of the molecule is CC[C@H](CO)NC1CC(C)N(C)CC1C. The van der Waals surface area contributed by atoms with Gasteiger partial charge in [-0.3, -0.25) is 0 Å². The van der Waals surface area contributed by atoms with E-state index in [-0.39, 0.29) is 12.6 Å². The minimum atomic E-state index is 0.254. The fraction of sp³-hybridized carbons (Fsp3) is 1.00. The third-order valence-electron chi connectivity index (χ3n) is 3.77. The molecule has 3 unspecified atom stereocenters. The predicted molar refractivity (Wildman–Crippen MR) is 64.0 cm³/mol. The van der Waals surface area contributed by atoms with Crippen molar-refractivity contribution >= 4 is 0 Å². The average molecular weight is 214 g/mol. The summed E-state index contributed by atoms with van der Waals surface area (Å²) >= 11 is 0. The van der Waals surface area contributed by atoms with Crippen LogP contribution >= 0.6 is 0 Å². The van der Waals surface area contributed by atoms with Crippen molar-refractivity contribution in [1.29, 1.82) is 0 Å². The standard InChI is InChI=1S/C12H26N2O/c1-5-11(8-15)13-12-6-10(3)14(4)7-9(12)2/h9-13,15H,5-8H2,1-4H3/t9?,10?,11-,12?/m1/s1. The highest BCUT2D eigenvalue weighted by atomic mass is 16.3. The summed E-state index contributed by atoms with van der Waals surface area (Å²) < 4.78 is 0. The van der Waals surface area contributed by atoms with Gasteiger partial charge in [-0.25, -0.2) is 0 Å². The second-order valence-corrected chi connectivity index (χ2v) is 5.06. The Morgan fingerprint density at radius 3 is 2.67 bits per heavy atom. The summed E-state index contributed by atoms with van der Waals surface area (Å²) in [7, 11) is 2.20. The third kappa shape index (κ3) is 3.44. The highest BCUT2D eigenvalue weighted by Crippen LogP contribution is 2.21. The van der Waals surface area contributed by atoms with Crippen LogP contribution in [0.15, 0.2) is 0 Å². The highest BCUT2D eigenvalue weighted by molar-refractivity contribution is 4.87. The molecule has 0 aromatic heterocycles. The van der Waals surface area contributed by atoms with Gasteiger partial charge in [-0.15, -0.1) is 0 Å². The van der Waals surface area contributed by atoms with E-state index >= 15 is 0 Å². The fourth-order valence-electron chi connectivity index (χ4n) is 2.38. The number of aliphatic hydroxyl groups is 1. The van der Waals surface area contributed by atoms with Crippen molar-refractivity contribution in [2.45, 2.75) is 51.7 Å². The molecule has 1 rings (SSSR count). The molecule has 1 aliphatic rings. The lowest BCUT2D eigenvalue weighted by atomic mass is 9.89. The van der Waals surface area contributed by atoms with E-state index in [1.807, 2.05) is 0 Å². The maximum Gasteiger partial charge on any atom is 0.0584 e. The summed E-state index contributed by atoms with van der Waals surface area (Å²) in [5.74, 6) is 0.673. The van der Waals surface area contributed by atoms with Crippen LogP contribution in [0, 0.1) is 5.92 Å². The predicted octanol–water partition coefficient (Wildman–Crippen LogP) is 1.08. The van der Waals surface area contributed by atoms with Crippen molar-refractivity contribution in [3.63, 3.8) is 0 Å². The quantitative estimate of drug-likeness (QED) is 0.735. The van der Waals surface area contributed by atoms with Gasteiger partial charge in [0.15, 0.2) is 0 Å². The van der Waals surface area contributed by atoms with Crippen molar-refractivity contribution in [1.82, 2.24) is 10.2 Å². The first kappa shape index (κ1) is 12.9. The van der Waals surface area contributed by atoms with Gasteiger partial charge in [-0.2, -0.15) is 0 Å². The molecule has 1 fully saturated rings. The first-order chi connectivity index (χ1) is 7.08. The molecule has 1 aliphatic heterocycles. The lowest BCUT2D eigenvalue weighted by Crippen LogP contribution is -2.53. The molecule has 3 nitrogen and oxygen atoms in total. The molecule has 0 radical (unpaired) electrons. The third-order valence-corrected chi connectivity index (χ3v) is 3.77. The van der Waals surface area contributed by atoms with E-state index in [1.54, 1.807) is 0 Å². The highest BCUT2D eigenvalue weighted by Gasteiger charge is 2.29. The van der Waals surface area contributed by atoms with E-state index in [4.69, 9.17) is 0 Å². The van der Waals surface area contributed by atoms with E-state index in [0.717, 1.165) is 13.0 Å². The number of nitrogens with one attached hydrogen (secondary N) is 1. The number of rotatable bonds is 4. The van der Waals surface area contributed by atoms with E-state index in [0.29, 0.717) is 18.0 Å². The van der Waals surface area contributed by atoms with Crippen LogP contribution < -0.4 is 5.32 Å². The van der Waals surface area contributed by atoms with Gasteiger partial charge < -0.3 is 15.3 Å². The Labute approximate surface area is 93.9 Å². The maximum absolute atomic E-state index is 9.19. The lowest BCUT2D eigenvalue weighted by molar-refractivity contribution is 0.106. The van der Waals surface area contributed by atoms with Crippen LogP contribution in [0.3, 0.4) is 0 Å². The van der Waals surface area contributed by atoms with Crippen molar-refractivity contribution < 1.29 is 5.11 Å². The van der Waals surface area contributed by atoms with E-state index in [9.17, 15) is 5.11 Å².